The Bertz CT molecular complexity index is 435. The van der Waals surface area contributed by atoms with Crippen molar-refractivity contribution in [2.75, 3.05) is 13.2 Å². The Kier molecular flexibility index (Phi) is 5.11. The third-order valence-electron chi connectivity index (χ3n) is 2.69. The summed E-state index contributed by atoms with van der Waals surface area (Å²) in [5, 5.41) is 11.7. The average Bonchev–Trinajstić information content (AvgIpc) is 2.26. The SMILES string of the molecule is CC(C)(CCO)CNC(=O)c1ccc(F)cc1Cl. The molecule has 2 N–H and O–H groups in total. The largest absolute Gasteiger partial charge is 0.396 e. The van der Waals surface area contributed by atoms with Gasteiger partial charge in [0.2, 0.25) is 0 Å². The van der Waals surface area contributed by atoms with Crippen LogP contribution in [-0.2, 0) is 0 Å². The van der Waals surface area contributed by atoms with Crippen molar-refractivity contribution in [1.29, 1.82) is 0 Å². The number of hydrogen-bond acceptors (Lipinski definition) is 2. The molecule has 18 heavy (non-hydrogen) atoms. The first-order valence-electron chi connectivity index (χ1n) is 5.70. The maximum atomic E-state index is 12.8. The quantitative estimate of drug-likeness (QED) is 0.866. The molecule has 1 aromatic carbocycles. The first kappa shape index (κ1) is 14.9. The molecule has 0 spiro atoms. The van der Waals surface area contributed by atoms with Gasteiger partial charge < -0.3 is 10.4 Å². The molecule has 0 saturated heterocycles. The third kappa shape index (κ3) is 4.27. The Balaban J connectivity index is 2.66. The molecule has 100 valence electrons. The number of halogens is 2. The molecule has 0 bridgehead atoms. The Morgan fingerprint density at radius 2 is 2.17 bits per heavy atom. The van der Waals surface area contributed by atoms with Crippen LogP contribution in [0.15, 0.2) is 18.2 Å². The predicted molar refractivity (Wildman–Crippen MR) is 69.2 cm³/mol. The molecule has 0 aliphatic heterocycles. The van der Waals surface area contributed by atoms with Gasteiger partial charge in [-0.05, 0) is 30.0 Å². The molecule has 0 unspecified atom stereocenters. The smallest absolute Gasteiger partial charge is 0.252 e. The van der Waals surface area contributed by atoms with Crippen molar-refractivity contribution >= 4 is 17.5 Å². The molecule has 1 aromatic rings. The second-order valence-electron chi connectivity index (χ2n) is 4.94. The lowest BCUT2D eigenvalue weighted by Gasteiger charge is -2.23. The van der Waals surface area contributed by atoms with Crippen LogP contribution < -0.4 is 5.32 Å². The van der Waals surface area contributed by atoms with Crippen molar-refractivity contribution in [2.45, 2.75) is 20.3 Å². The number of carbonyl (C=O) groups excluding carboxylic acids is 1. The zero-order chi connectivity index (χ0) is 13.8. The van der Waals surface area contributed by atoms with Gasteiger partial charge in [-0.1, -0.05) is 25.4 Å². The highest BCUT2D eigenvalue weighted by atomic mass is 35.5. The molecule has 1 rings (SSSR count). The van der Waals surface area contributed by atoms with E-state index in [0.717, 1.165) is 6.07 Å². The number of hydrogen-bond donors (Lipinski definition) is 2. The van der Waals surface area contributed by atoms with Gasteiger partial charge in [0.1, 0.15) is 5.82 Å². The molecule has 0 atom stereocenters. The van der Waals surface area contributed by atoms with Crippen LogP contribution in [0.5, 0.6) is 0 Å². The fraction of sp³-hybridized carbons (Fsp3) is 0.462. The van der Waals surface area contributed by atoms with Gasteiger partial charge in [-0.3, -0.25) is 4.79 Å². The summed E-state index contributed by atoms with van der Waals surface area (Å²) in [5.74, 6) is -0.817. The van der Waals surface area contributed by atoms with E-state index in [9.17, 15) is 9.18 Å². The summed E-state index contributed by atoms with van der Waals surface area (Å²) in [6.07, 6.45) is 0.588. The van der Waals surface area contributed by atoms with Gasteiger partial charge in [0.05, 0.1) is 10.6 Å². The Morgan fingerprint density at radius 1 is 1.50 bits per heavy atom. The fourth-order valence-electron chi connectivity index (χ4n) is 1.48. The van der Waals surface area contributed by atoms with E-state index in [0.29, 0.717) is 13.0 Å². The van der Waals surface area contributed by atoms with Crippen LogP contribution >= 0.6 is 11.6 Å². The molecule has 1 amide bonds. The number of rotatable bonds is 5. The van der Waals surface area contributed by atoms with Crippen molar-refractivity contribution in [2.24, 2.45) is 5.41 Å². The van der Waals surface area contributed by atoms with Crippen molar-refractivity contribution in [1.82, 2.24) is 5.32 Å². The van der Waals surface area contributed by atoms with E-state index in [1.165, 1.54) is 12.1 Å². The molecule has 0 aliphatic rings. The monoisotopic (exact) mass is 273 g/mol. The normalized spacial score (nSPS) is 11.4. The minimum Gasteiger partial charge on any atom is -0.396 e. The van der Waals surface area contributed by atoms with Gasteiger partial charge >= 0.3 is 0 Å². The molecule has 0 fully saturated rings. The minimum absolute atomic E-state index is 0.0696. The number of benzene rings is 1. The summed E-state index contributed by atoms with van der Waals surface area (Å²) >= 11 is 5.79. The Morgan fingerprint density at radius 3 is 2.72 bits per heavy atom. The van der Waals surface area contributed by atoms with Crippen molar-refractivity contribution in [3.63, 3.8) is 0 Å². The first-order valence-corrected chi connectivity index (χ1v) is 6.07. The molecule has 0 aliphatic carbocycles. The summed E-state index contributed by atoms with van der Waals surface area (Å²) in [6, 6.07) is 3.65. The van der Waals surface area contributed by atoms with Crippen LogP contribution in [-0.4, -0.2) is 24.2 Å². The van der Waals surface area contributed by atoms with Gasteiger partial charge in [0, 0.05) is 13.2 Å². The predicted octanol–water partition coefficient (Wildman–Crippen LogP) is 2.62. The van der Waals surface area contributed by atoms with E-state index in [-0.39, 0.29) is 28.5 Å². The maximum Gasteiger partial charge on any atom is 0.252 e. The van der Waals surface area contributed by atoms with Crippen LogP contribution in [0.4, 0.5) is 4.39 Å². The number of carbonyl (C=O) groups is 1. The van der Waals surface area contributed by atoms with Crippen LogP contribution in [0.2, 0.25) is 5.02 Å². The summed E-state index contributed by atoms with van der Waals surface area (Å²) in [4.78, 5) is 11.8. The first-order chi connectivity index (χ1) is 8.35. The third-order valence-corrected chi connectivity index (χ3v) is 3.00. The lowest BCUT2D eigenvalue weighted by Crippen LogP contribution is -2.34. The molecule has 3 nitrogen and oxygen atoms in total. The highest BCUT2D eigenvalue weighted by molar-refractivity contribution is 6.33. The molecule has 5 heteroatoms. The molecule has 0 aromatic heterocycles. The summed E-state index contributed by atoms with van der Waals surface area (Å²) in [5.41, 5.74) is 0.0505. The van der Waals surface area contributed by atoms with E-state index in [1.807, 2.05) is 13.8 Å². The van der Waals surface area contributed by atoms with Crippen molar-refractivity contribution in [3.05, 3.63) is 34.6 Å². The van der Waals surface area contributed by atoms with Gasteiger partial charge in [0.15, 0.2) is 0 Å². The van der Waals surface area contributed by atoms with E-state index in [1.54, 1.807) is 0 Å². The Hall–Kier alpha value is -1.13. The van der Waals surface area contributed by atoms with Crippen LogP contribution in [0.3, 0.4) is 0 Å². The zero-order valence-electron chi connectivity index (χ0n) is 10.5. The zero-order valence-corrected chi connectivity index (χ0v) is 11.2. The molecule has 0 saturated carbocycles. The number of aliphatic hydroxyl groups is 1. The van der Waals surface area contributed by atoms with E-state index in [2.05, 4.69) is 5.32 Å². The van der Waals surface area contributed by atoms with Gasteiger partial charge in [-0.15, -0.1) is 0 Å². The molecule has 0 heterocycles. The lowest BCUT2D eigenvalue weighted by atomic mass is 9.89. The van der Waals surface area contributed by atoms with Crippen molar-refractivity contribution < 1.29 is 14.3 Å². The highest BCUT2D eigenvalue weighted by Gasteiger charge is 2.19. The lowest BCUT2D eigenvalue weighted by molar-refractivity contribution is 0.0928. The van der Waals surface area contributed by atoms with Gasteiger partial charge in [-0.2, -0.15) is 0 Å². The van der Waals surface area contributed by atoms with Gasteiger partial charge in [0.25, 0.3) is 5.91 Å². The standard InChI is InChI=1S/C13H17ClFNO2/c1-13(2,5-6-17)8-16-12(18)10-4-3-9(15)7-11(10)14/h3-4,7,17H,5-6,8H2,1-2H3,(H,16,18). The fourth-order valence-corrected chi connectivity index (χ4v) is 1.73. The molecular formula is C13H17ClFNO2. The maximum absolute atomic E-state index is 12.8. The van der Waals surface area contributed by atoms with Gasteiger partial charge in [-0.25, -0.2) is 4.39 Å². The molecular weight excluding hydrogens is 257 g/mol. The number of aliphatic hydroxyl groups excluding tert-OH is 1. The topological polar surface area (TPSA) is 49.3 Å². The second-order valence-corrected chi connectivity index (χ2v) is 5.35. The van der Waals surface area contributed by atoms with Crippen molar-refractivity contribution in [3.8, 4) is 0 Å². The van der Waals surface area contributed by atoms with Crippen LogP contribution in [0.25, 0.3) is 0 Å². The Labute approximate surface area is 111 Å². The average molecular weight is 274 g/mol. The number of amides is 1. The second kappa shape index (κ2) is 6.16. The van der Waals surface area contributed by atoms with Crippen LogP contribution in [0.1, 0.15) is 30.6 Å². The minimum atomic E-state index is -0.475. The summed E-state index contributed by atoms with van der Waals surface area (Å²) in [6.45, 7) is 4.37. The molecule has 0 radical (unpaired) electrons. The van der Waals surface area contributed by atoms with E-state index < -0.39 is 5.82 Å². The summed E-state index contributed by atoms with van der Waals surface area (Å²) < 4.78 is 12.8. The number of nitrogens with one attached hydrogen (secondary N) is 1. The van der Waals surface area contributed by atoms with E-state index in [4.69, 9.17) is 16.7 Å². The van der Waals surface area contributed by atoms with Crippen LogP contribution in [0, 0.1) is 11.2 Å². The summed E-state index contributed by atoms with van der Waals surface area (Å²) in [7, 11) is 0. The van der Waals surface area contributed by atoms with E-state index >= 15 is 0 Å². The highest BCUT2D eigenvalue weighted by Crippen LogP contribution is 2.20.